The number of ether oxygens (including phenoxy) is 1. The third kappa shape index (κ3) is 2.77. The largest absolute Gasteiger partial charge is 0.381 e. The first-order valence-electron chi connectivity index (χ1n) is 7.22. The summed E-state index contributed by atoms with van der Waals surface area (Å²) < 4.78 is 5.55. The van der Waals surface area contributed by atoms with Gasteiger partial charge in [0, 0.05) is 31.8 Å². The molecule has 1 aliphatic rings. The Bertz CT molecular complexity index is 398. The number of hydrogen-bond donors (Lipinski definition) is 1. The Kier molecular flexibility index (Phi) is 4.48. The van der Waals surface area contributed by atoms with Crippen LogP contribution in [0.1, 0.15) is 25.8 Å². The minimum Gasteiger partial charge on any atom is -0.381 e. The van der Waals surface area contributed by atoms with Crippen LogP contribution in [0.5, 0.6) is 0 Å². The Labute approximate surface area is 116 Å². The van der Waals surface area contributed by atoms with E-state index >= 15 is 0 Å². The second kappa shape index (κ2) is 5.93. The van der Waals surface area contributed by atoms with Gasteiger partial charge in [0.25, 0.3) is 0 Å². The van der Waals surface area contributed by atoms with E-state index in [1.165, 1.54) is 11.3 Å². The average molecular weight is 262 g/mol. The van der Waals surface area contributed by atoms with E-state index in [-0.39, 0.29) is 5.54 Å². The van der Waals surface area contributed by atoms with Crippen LogP contribution in [-0.4, -0.2) is 32.3 Å². The zero-order valence-corrected chi connectivity index (χ0v) is 12.4. The highest BCUT2D eigenvalue weighted by Gasteiger charge is 2.39. The lowest BCUT2D eigenvalue weighted by Gasteiger charge is -2.43. The van der Waals surface area contributed by atoms with Gasteiger partial charge >= 0.3 is 0 Å². The van der Waals surface area contributed by atoms with Crippen LogP contribution < -0.4 is 10.6 Å². The Morgan fingerprint density at radius 3 is 2.53 bits per heavy atom. The van der Waals surface area contributed by atoms with Crippen molar-refractivity contribution in [2.24, 2.45) is 11.7 Å². The van der Waals surface area contributed by atoms with Crippen molar-refractivity contribution >= 4 is 5.69 Å². The van der Waals surface area contributed by atoms with Gasteiger partial charge in [-0.25, -0.2) is 0 Å². The van der Waals surface area contributed by atoms with Crippen LogP contribution in [0, 0.1) is 5.92 Å². The molecule has 2 atom stereocenters. The maximum Gasteiger partial charge on any atom is 0.0543 e. The van der Waals surface area contributed by atoms with Crippen molar-refractivity contribution in [2.45, 2.75) is 32.2 Å². The van der Waals surface area contributed by atoms with Crippen LogP contribution in [0.25, 0.3) is 0 Å². The summed E-state index contributed by atoms with van der Waals surface area (Å²) in [7, 11) is 2.14. The van der Waals surface area contributed by atoms with Crippen LogP contribution in [-0.2, 0) is 11.2 Å². The first kappa shape index (κ1) is 14.4. The fraction of sp³-hybridized carbons (Fsp3) is 0.625. The van der Waals surface area contributed by atoms with Crippen LogP contribution >= 0.6 is 0 Å². The molecule has 2 rings (SSSR count). The molecule has 1 aromatic carbocycles. The molecule has 3 nitrogen and oxygen atoms in total. The lowest BCUT2D eigenvalue weighted by atomic mass is 9.83. The molecule has 0 aliphatic carbocycles. The highest BCUT2D eigenvalue weighted by molar-refractivity contribution is 5.49. The van der Waals surface area contributed by atoms with Crippen molar-refractivity contribution in [3.63, 3.8) is 0 Å². The fourth-order valence-corrected chi connectivity index (χ4v) is 2.85. The van der Waals surface area contributed by atoms with Gasteiger partial charge in [-0.05, 0) is 37.5 Å². The summed E-state index contributed by atoms with van der Waals surface area (Å²) in [5, 5.41) is 0. The third-order valence-electron chi connectivity index (χ3n) is 4.72. The van der Waals surface area contributed by atoms with Crippen LogP contribution in [0.3, 0.4) is 0 Å². The first-order valence-corrected chi connectivity index (χ1v) is 7.22. The highest BCUT2D eigenvalue weighted by Crippen LogP contribution is 2.33. The summed E-state index contributed by atoms with van der Waals surface area (Å²) in [6.07, 6.45) is 2.18. The van der Waals surface area contributed by atoms with E-state index in [1.807, 2.05) is 0 Å². The Morgan fingerprint density at radius 2 is 2.05 bits per heavy atom. The van der Waals surface area contributed by atoms with Crippen molar-refractivity contribution in [3.05, 3.63) is 29.8 Å². The summed E-state index contributed by atoms with van der Waals surface area (Å²) in [4.78, 5) is 2.33. The van der Waals surface area contributed by atoms with Gasteiger partial charge in [-0.3, -0.25) is 0 Å². The molecule has 0 saturated carbocycles. The van der Waals surface area contributed by atoms with Gasteiger partial charge in [0.2, 0.25) is 0 Å². The minimum atomic E-state index is -0.0375. The van der Waals surface area contributed by atoms with Gasteiger partial charge in [-0.1, -0.05) is 19.1 Å². The van der Waals surface area contributed by atoms with Gasteiger partial charge in [0.05, 0.1) is 12.1 Å². The zero-order chi connectivity index (χ0) is 13.9. The van der Waals surface area contributed by atoms with Crippen LogP contribution in [0.4, 0.5) is 5.69 Å². The Balaban J connectivity index is 2.20. The maximum absolute atomic E-state index is 6.08. The Morgan fingerprint density at radius 1 is 1.37 bits per heavy atom. The molecule has 1 aliphatic heterocycles. The third-order valence-corrected chi connectivity index (χ3v) is 4.72. The summed E-state index contributed by atoms with van der Waals surface area (Å²) in [6, 6.07) is 8.80. The Hall–Kier alpha value is -1.06. The van der Waals surface area contributed by atoms with Gasteiger partial charge < -0.3 is 15.4 Å². The second-order valence-corrected chi connectivity index (χ2v) is 5.70. The summed E-state index contributed by atoms with van der Waals surface area (Å²) >= 11 is 0. The van der Waals surface area contributed by atoms with Gasteiger partial charge in [0.1, 0.15) is 0 Å². The maximum atomic E-state index is 6.08. The van der Waals surface area contributed by atoms with Crippen molar-refractivity contribution in [2.75, 3.05) is 31.7 Å². The molecule has 3 heteroatoms. The number of nitrogens with zero attached hydrogens (tertiary/aromatic N) is 1. The standard InChI is InChI=1S/C16H26N2O/c1-4-13-5-7-15(8-6-13)18(3)16(2,12-17)14-9-10-19-11-14/h5-8,14H,4,9-12,17H2,1-3H3. The van der Waals surface area contributed by atoms with Crippen LogP contribution in [0.15, 0.2) is 24.3 Å². The van der Waals surface area contributed by atoms with E-state index in [9.17, 15) is 0 Å². The molecule has 2 N–H and O–H groups in total. The van der Waals surface area contributed by atoms with Crippen molar-refractivity contribution in [1.82, 2.24) is 0 Å². The number of aryl methyl sites for hydroxylation is 1. The molecule has 106 valence electrons. The molecule has 0 bridgehead atoms. The quantitative estimate of drug-likeness (QED) is 0.886. The zero-order valence-electron chi connectivity index (χ0n) is 12.4. The molecule has 1 saturated heterocycles. The van der Waals surface area contributed by atoms with E-state index in [4.69, 9.17) is 10.5 Å². The van der Waals surface area contributed by atoms with E-state index in [2.05, 4.69) is 50.1 Å². The number of anilines is 1. The lowest BCUT2D eigenvalue weighted by Crippen LogP contribution is -2.55. The molecule has 0 spiro atoms. The molecular weight excluding hydrogens is 236 g/mol. The molecule has 0 aromatic heterocycles. The van der Waals surface area contributed by atoms with Gasteiger partial charge in [-0.2, -0.15) is 0 Å². The highest BCUT2D eigenvalue weighted by atomic mass is 16.5. The normalized spacial score (nSPS) is 22.2. The summed E-state index contributed by atoms with van der Waals surface area (Å²) in [5.41, 5.74) is 8.65. The molecular formula is C16H26N2O. The van der Waals surface area contributed by atoms with Gasteiger partial charge in [0.15, 0.2) is 0 Å². The molecule has 1 fully saturated rings. The smallest absolute Gasteiger partial charge is 0.0543 e. The molecule has 19 heavy (non-hydrogen) atoms. The van der Waals surface area contributed by atoms with Crippen LogP contribution in [0.2, 0.25) is 0 Å². The number of hydrogen-bond acceptors (Lipinski definition) is 3. The summed E-state index contributed by atoms with van der Waals surface area (Å²) in [5.74, 6) is 0.508. The fourth-order valence-electron chi connectivity index (χ4n) is 2.85. The minimum absolute atomic E-state index is 0.0375. The number of rotatable bonds is 5. The number of benzene rings is 1. The molecule has 2 unspecified atom stereocenters. The van der Waals surface area contributed by atoms with Crippen molar-refractivity contribution in [1.29, 1.82) is 0 Å². The second-order valence-electron chi connectivity index (χ2n) is 5.70. The topological polar surface area (TPSA) is 38.5 Å². The van der Waals surface area contributed by atoms with E-state index in [0.29, 0.717) is 12.5 Å². The first-order chi connectivity index (χ1) is 9.11. The molecule has 0 amide bonds. The summed E-state index contributed by atoms with van der Waals surface area (Å²) in [6.45, 7) is 6.76. The van der Waals surface area contributed by atoms with Crippen molar-refractivity contribution < 1.29 is 4.74 Å². The van der Waals surface area contributed by atoms with E-state index in [1.54, 1.807) is 0 Å². The predicted molar refractivity (Wildman–Crippen MR) is 80.6 cm³/mol. The molecule has 0 radical (unpaired) electrons. The lowest BCUT2D eigenvalue weighted by molar-refractivity contribution is 0.166. The number of likely N-dealkylation sites (N-methyl/N-ethyl adjacent to an activating group) is 1. The van der Waals surface area contributed by atoms with Crippen molar-refractivity contribution in [3.8, 4) is 0 Å². The number of nitrogens with two attached hydrogens (primary N) is 1. The van der Waals surface area contributed by atoms with E-state index in [0.717, 1.165) is 26.1 Å². The SMILES string of the molecule is CCc1ccc(N(C)C(C)(CN)C2CCOC2)cc1. The monoisotopic (exact) mass is 262 g/mol. The van der Waals surface area contributed by atoms with E-state index < -0.39 is 0 Å². The molecule has 1 aromatic rings. The predicted octanol–water partition coefficient (Wildman–Crippen LogP) is 2.44. The average Bonchev–Trinajstić information content (AvgIpc) is 3.00. The molecule has 1 heterocycles. The van der Waals surface area contributed by atoms with Gasteiger partial charge in [-0.15, -0.1) is 0 Å².